The van der Waals surface area contributed by atoms with Crippen LogP contribution in [-0.4, -0.2) is 16.7 Å². The zero-order chi connectivity index (χ0) is 12.2. The maximum Gasteiger partial charge on any atom is 0.0735 e. The summed E-state index contributed by atoms with van der Waals surface area (Å²) >= 11 is 0. The van der Waals surface area contributed by atoms with E-state index in [9.17, 15) is 0 Å². The molecular formula is C14H20N2. The minimum absolute atomic E-state index is 0.106. The van der Waals surface area contributed by atoms with Crippen molar-refractivity contribution in [1.29, 1.82) is 0 Å². The largest absolute Gasteiger partial charge is 0.282 e. The molecule has 0 aromatic carbocycles. The molecule has 1 aromatic heterocycles. The van der Waals surface area contributed by atoms with E-state index in [1.54, 1.807) is 0 Å². The Bertz CT molecular complexity index is 415. The van der Waals surface area contributed by atoms with E-state index in [0.717, 1.165) is 11.3 Å². The molecule has 1 aromatic rings. The number of pyridine rings is 1. The van der Waals surface area contributed by atoms with Gasteiger partial charge in [0, 0.05) is 23.7 Å². The van der Waals surface area contributed by atoms with Gasteiger partial charge in [-0.05, 0) is 32.4 Å². The fourth-order valence-corrected chi connectivity index (χ4v) is 1.48. The minimum atomic E-state index is -0.106. The second-order valence-corrected chi connectivity index (χ2v) is 4.14. The van der Waals surface area contributed by atoms with Gasteiger partial charge < -0.3 is 0 Å². The molecule has 86 valence electrons. The average molecular weight is 216 g/mol. The molecule has 0 spiro atoms. The van der Waals surface area contributed by atoms with Gasteiger partial charge in [-0.1, -0.05) is 26.0 Å². The SMILES string of the molecule is CC.Cc1nccc2c1C=NC(C)(C)C=C2. The molecule has 0 radical (unpaired) electrons. The van der Waals surface area contributed by atoms with Crippen molar-refractivity contribution in [1.82, 2.24) is 4.98 Å². The molecule has 0 atom stereocenters. The third-order valence-electron chi connectivity index (χ3n) is 2.42. The summed E-state index contributed by atoms with van der Waals surface area (Å²) in [5.74, 6) is 0. The highest BCUT2D eigenvalue weighted by molar-refractivity contribution is 5.88. The van der Waals surface area contributed by atoms with Crippen molar-refractivity contribution in [2.24, 2.45) is 4.99 Å². The number of aliphatic imine (C=N–C) groups is 1. The third-order valence-corrected chi connectivity index (χ3v) is 2.42. The molecule has 0 saturated carbocycles. The lowest BCUT2D eigenvalue weighted by atomic mass is 10.0. The highest BCUT2D eigenvalue weighted by Crippen LogP contribution is 2.20. The molecule has 1 aliphatic rings. The van der Waals surface area contributed by atoms with Crippen LogP contribution in [-0.2, 0) is 0 Å². The lowest BCUT2D eigenvalue weighted by Crippen LogP contribution is -2.11. The number of aryl methyl sites for hydroxylation is 1. The van der Waals surface area contributed by atoms with E-state index in [-0.39, 0.29) is 5.54 Å². The molecule has 0 amide bonds. The smallest absolute Gasteiger partial charge is 0.0735 e. The standard InChI is InChI=1S/C12H14N2.C2H6/c1-9-11-8-14-12(2,3)6-4-10(11)5-7-13-9;1-2/h4-8H,1-3H3;1-2H3. The van der Waals surface area contributed by atoms with Crippen LogP contribution >= 0.6 is 0 Å². The molecule has 16 heavy (non-hydrogen) atoms. The normalized spacial score (nSPS) is 15.8. The highest BCUT2D eigenvalue weighted by Gasteiger charge is 2.14. The Balaban J connectivity index is 0.000000606. The summed E-state index contributed by atoms with van der Waals surface area (Å²) in [6.45, 7) is 10.2. The number of rotatable bonds is 0. The van der Waals surface area contributed by atoms with E-state index in [2.05, 4.69) is 36.0 Å². The van der Waals surface area contributed by atoms with Gasteiger partial charge in [-0.3, -0.25) is 9.98 Å². The Morgan fingerprint density at radius 2 is 1.88 bits per heavy atom. The van der Waals surface area contributed by atoms with E-state index in [1.807, 2.05) is 39.2 Å². The van der Waals surface area contributed by atoms with Crippen molar-refractivity contribution in [2.75, 3.05) is 0 Å². The van der Waals surface area contributed by atoms with Crippen molar-refractivity contribution >= 4 is 12.3 Å². The molecule has 0 fully saturated rings. The van der Waals surface area contributed by atoms with Gasteiger partial charge in [-0.15, -0.1) is 0 Å². The van der Waals surface area contributed by atoms with E-state index in [4.69, 9.17) is 0 Å². The first-order chi connectivity index (χ1) is 7.58. The summed E-state index contributed by atoms with van der Waals surface area (Å²) in [4.78, 5) is 8.76. The summed E-state index contributed by atoms with van der Waals surface area (Å²) < 4.78 is 0. The zero-order valence-corrected chi connectivity index (χ0v) is 10.8. The van der Waals surface area contributed by atoms with E-state index < -0.39 is 0 Å². The van der Waals surface area contributed by atoms with Gasteiger partial charge in [0.15, 0.2) is 0 Å². The Hall–Kier alpha value is -1.44. The number of fused-ring (bicyclic) bond motifs is 1. The van der Waals surface area contributed by atoms with E-state index >= 15 is 0 Å². The fourth-order valence-electron chi connectivity index (χ4n) is 1.48. The number of hydrogen-bond donors (Lipinski definition) is 0. The second kappa shape index (κ2) is 5.06. The minimum Gasteiger partial charge on any atom is -0.282 e. The van der Waals surface area contributed by atoms with E-state index in [0.29, 0.717) is 0 Å². The summed E-state index contributed by atoms with van der Waals surface area (Å²) in [6, 6.07) is 2.02. The molecule has 2 nitrogen and oxygen atoms in total. The van der Waals surface area contributed by atoms with Gasteiger partial charge >= 0.3 is 0 Å². The molecule has 0 bridgehead atoms. The fraction of sp³-hybridized carbons (Fsp3) is 0.429. The molecule has 2 rings (SSSR count). The van der Waals surface area contributed by atoms with Gasteiger partial charge in [0.05, 0.1) is 5.54 Å². The van der Waals surface area contributed by atoms with Crippen LogP contribution in [0.4, 0.5) is 0 Å². The monoisotopic (exact) mass is 216 g/mol. The summed E-state index contributed by atoms with van der Waals surface area (Å²) in [5.41, 5.74) is 3.26. The molecule has 0 aliphatic carbocycles. The Labute approximate surface area is 98.1 Å². The Morgan fingerprint density at radius 1 is 1.19 bits per heavy atom. The molecule has 2 heteroatoms. The van der Waals surface area contributed by atoms with Crippen molar-refractivity contribution < 1.29 is 0 Å². The molecular weight excluding hydrogens is 196 g/mol. The highest BCUT2D eigenvalue weighted by atomic mass is 14.8. The molecule has 2 heterocycles. The number of aromatic nitrogens is 1. The maximum absolute atomic E-state index is 4.51. The predicted octanol–water partition coefficient (Wildman–Crippen LogP) is 3.64. The number of hydrogen-bond acceptors (Lipinski definition) is 2. The summed E-state index contributed by atoms with van der Waals surface area (Å²) in [7, 11) is 0. The van der Waals surface area contributed by atoms with Gasteiger partial charge in [0.2, 0.25) is 0 Å². The van der Waals surface area contributed by atoms with Gasteiger partial charge in [-0.25, -0.2) is 0 Å². The average Bonchev–Trinajstić information content (AvgIpc) is 2.42. The molecule has 0 N–H and O–H groups in total. The first-order valence-corrected chi connectivity index (χ1v) is 5.78. The van der Waals surface area contributed by atoms with E-state index in [1.165, 1.54) is 5.56 Å². The lowest BCUT2D eigenvalue weighted by molar-refractivity contribution is 0.665. The van der Waals surface area contributed by atoms with Crippen molar-refractivity contribution in [3.8, 4) is 0 Å². The van der Waals surface area contributed by atoms with Crippen molar-refractivity contribution in [3.63, 3.8) is 0 Å². The zero-order valence-electron chi connectivity index (χ0n) is 10.8. The van der Waals surface area contributed by atoms with Crippen molar-refractivity contribution in [3.05, 3.63) is 35.2 Å². The molecule has 0 unspecified atom stereocenters. The molecule has 0 saturated heterocycles. The van der Waals surface area contributed by atoms with Crippen LogP contribution < -0.4 is 0 Å². The predicted molar refractivity (Wildman–Crippen MR) is 71.0 cm³/mol. The first-order valence-electron chi connectivity index (χ1n) is 5.78. The quantitative estimate of drug-likeness (QED) is 0.650. The number of nitrogens with zero attached hydrogens (tertiary/aromatic N) is 2. The van der Waals surface area contributed by atoms with Gasteiger partial charge in [0.1, 0.15) is 0 Å². The van der Waals surface area contributed by atoms with Crippen LogP contribution in [0.1, 0.15) is 44.5 Å². The van der Waals surface area contributed by atoms with Crippen LogP contribution in [0.2, 0.25) is 0 Å². The van der Waals surface area contributed by atoms with Crippen molar-refractivity contribution in [2.45, 2.75) is 40.2 Å². The van der Waals surface area contributed by atoms with Crippen LogP contribution in [0.5, 0.6) is 0 Å². The first kappa shape index (κ1) is 12.6. The van der Waals surface area contributed by atoms with Gasteiger partial charge in [0.25, 0.3) is 0 Å². The van der Waals surface area contributed by atoms with Crippen LogP contribution in [0, 0.1) is 6.92 Å². The van der Waals surface area contributed by atoms with Crippen LogP contribution in [0.15, 0.2) is 23.3 Å². The van der Waals surface area contributed by atoms with Crippen LogP contribution in [0.3, 0.4) is 0 Å². The topological polar surface area (TPSA) is 25.2 Å². The molecule has 1 aliphatic heterocycles. The Kier molecular flexibility index (Phi) is 3.99. The Morgan fingerprint density at radius 3 is 2.56 bits per heavy atom. The lowest BCUT2D eigenvalue weighted by Gasteiger charge is -2.11. The second-order valence-electron chi connectivity index (χ2n) is 4.14. The third kappa shape index (κ3) is 2.78. The van der Waals surface area contributed by atoms with Gasteiger partial charge in [-0.2, -0.15) is 0 Å². The van der Waals surface area contributed by atoms with Crippen LogP contribution in [0.25, 0.3) is 6.08 Å². The summed E-state index contributed by atoms with van der Waals surface area (Å²) in [5, 5.41) is 0. The summed E-state index contributed by atoms with van der Waals surface area (Å²) in [6.07, 6.45) is 8.01. The maximum atomic E-state index is 4.51.